The van der Waals surface area contributed by atoms with Gasteiger partial charge in [0.05, 0.1) is 18.1 Å². The Hall–Kier alpha value is -1.44. The largest absolute Gasteiger partial charge is 0.378 e. The fraction of sp³-hybridized carbons (Fsp3) is 0.611. The maximum Gasteiger partial charge on any atom is 0.243 e. The van der Waals surface area contributed by atoms with Crippen molar-refractivity contribution >= 4 is 15.9 Å². The van der Waals surface area contributed by atoms with Crippen LogP contribution in [0.25, 0.3) is 0 Å². The fourth-order valence-corrected chi connectivity index (χ4v) is 4.90. The maximum atomic E-state index is 12.8. The first-order valence-corrected chi connectivity index (χ1v) is 10.4. The minimum absolute atomic E-state index is 0.0768. The molecule has 0 aliphatic carbocycles. The second-order valence-corrected chi connectivity index (χ2v) is 8.55. The van der Waals surface area contributed by atoms with Crippen LogP contribution in [0.5, 0.6) is 0 Å². The number of hydrogen-bond donors (Lipinski definition) is 0. The SMILES string of the molecule is CCc1ccc(S(=O)(=O)N2CCC(C(=O)N3CCOCC3)CC2)cc1. The molecule has 2 saturated heterocycles. The number of aryl methyl sites for hydroxylation is 1. The molecule has 138 valence electrons. The average Bonchev–Trinajstić information content (AvgIpc) is 2.68. The molecule has 3 rings (SSSR count). The molecule has 1 aromatic rings. The summed E-state index contributed by atoms with van der Waals surface area (Å²) < 4.78 is 32.4. The first kappa shape index (κ1) is 18.4. The number of carbonyl (C=O) groups excluding carboxylic acids is 1. The van der Waals surface area contributed by atoms with Gasteiger partial charge in [0.2, 0.25) is 15.9 Å². The van der Waals surface area contributed by atoms with Crippen molar-refractivity contribution in [3.05, 3.63) is 29.8 Å². The number of amides is 1. The highest BCUT2D eigenvalue weighted by atomic mass is 32.2. The highest BCUT2D eigenvalue weighted by Gasteiger charge is 2.34. The topological polar surface area (TPSA) is 66.9 Å². The van der Waals surface area contributed by atoms with Gasteiger partial charge in [-0.25, -0.2) is 8.42 Å². The second kappa shape index (κ2) is 7.85. The Bertz CT molecular complexity index is 688. The van der Waals surface area contributed by atoms with Crippen LogP contribution in [0, 0.1) is 5.92 Å². The molecule has 0 aromatic heterocycles. The van der Waals surface area contributed by atoms with E-state index < -0.39 is 10.0 Å². The van der Waals surface area contributed by atoms with E-state index in [0.29, 0.717) is 57.1 Å². The third kappa shape index (κ3) is 4.04. The zero-order chi connectivity index (χ0) is 17.9. The number of hydrogen-bond acceptors (Lipinski definition) is 4. The van der Waals surface area contributed by atoms with Gasteiger partial charge in [0.1, 0.15) is 0 Å². The lowest BCUT2D eigenvalue weighted by molar-refractivity contribution is -0.140. The lowest BCUT2D eigenvalue weighted by atomic mass is 9.96. The predicted octanol–water partition coefficient (Wildman–Crippen LogP) is 1.51. The van der Waals surface area contributed by atoms with E-state index in [0.717, 1.165) is 12.0 Å². The first-order chi connectivity index (χ1) is 12.0. The Morgan fingerprint density at radius 3 is 2.24 bits per heavy atom. The Labute approximate surface area is 149 Å². The molecule has 0 unspecified atom stereocenters. The zero-order valence-corrected chi connectivity index (χ0v) is 15.5. The number of nitrogens with zero attached hydrogens (tertiary/aromatic N) is 2. The molecule has 0 spiro atoms. The van der Waals surface area contributed by atoms with Crippen LogP contribution in [0.4, 0.5) is 0 Å². The fourth-order valence-electron chi connectivity index (χ4n) is 3.43. The molecule has 25 heavy (non-hydrogen) atoms. The van der Waals surface area contributed by atoms with Crippen molar-refractivity contribution in [1.82, 2.24) is 9.21 Å². The molecule has 0 atom stereocenters. The van der Waals surface area contributed by atoms with Gasteiger partial charge < -0.3 is 9.64 Å². The summed E-state index contributed by atoms with van der Waals surface area (Å²) in [5.74, 6) is 0.0691. The molecule has 1 aromatic carbocycles. The van der Waals surface area contributed by atoms with Crippen LogP contribution in [0.15, 0.2) is 29.2 Å². The summed E-state index contributed by atoms with van der Waals surface area (Å²) >= 11 is 0. The van der Waals surface area contributed by atoms with Crippen LogP contribution in [0.1, 0.15) is 25.3 Å². The minimum atomic E-state index is -3.47. The van der Waals surface area contributed by atoms with Crippen molar-refractivity contribution in [2.24, 2.45) is 5.92 Å². The predicted molar refractivity (Wildman–Crippen MR) is 94.7 cm³/mol. The normalized spacial score (nSPS) is 20.6. The summed E-state index contributed by atoms with van der Waals surface area (Å²) in [6.45, 7) is 5.30. The van der Waals surface area contributed by atoms with Gasteiger partial charge >= 0.3 is 0 Å². The van der Waals surface area contributed by atoms with Gasteiger partial charge in [-0.15, -0.1) is 0 Å². The zero-order valence-electron chi connectivity index (χ0n) is 14.7. The molecule has 2 aliphatic rings. The number of ether oxygens (including phenoxy) is 1. The molecule has 2 fully saturated rings. The summed E-state index contributed by atoms with van der Waals surface area (Å²) in [5.41, 5.74) is 1.12. The van der Waals surface area contributed by atoms with Crippen molar-refractivity contribution in [1.29, 1.82) is 0 Å². The maximum absolute atomic E-state index is 12.8. The smallest absolute Gasteiger partial charge is 0.243 e. The summed E-state index contributed by atoms with van der Waals surface area (Å²) in [6.07, 6.45) is 2.06. The van der Waals surface area contributed by atoms with Gasteiger partial charge in [-0.05, 0) is 37.0 Å². The van der Waals surface area contributed by atoms with Crippen molar-refractivity contribution in [2.45, 2.75) is 31.1 Å². The third-order valence-electron chi connectivity index (χ3n) is 5.10. The molecule has 7 heteroatoms. The standard InChI is InChI=1S/C18H26N2O4S/c1-2-15-3-5-17(6-4-15)25(22,23)20-9-7-16(8-10-20)18(21)19-11-13-24-14-12-19/h3-6,16H,2,7-14H2,1H3. The first-order valence-electron chi connectivity index (χ1n) is 8.98. The summed E-state index contributed by atoms with van der Waals surface area (Å²) in [6, 6.07) is 7.08. The third-order valence-corrected chi connectivity index (χ3v) is 7.01. The van der Waals surface area contributed by atoms with Crippen molar-refractivity contribution in [3.63, 3.8) is 0 Å². The van der Waals surface area contributed by atoms with Crippen molar-refractivity contribution in [2.75, 3.05) is 39.4 Å². The molecular weight excluding hydrogens is 340 g/mol. The molecule has 2 aliphatic heterocycles. The van der Waals surface area contributed by atoms with E-state index in [1.54, 1.807) is 12.1 Å². The van der Waals surface area contributed by atoms with Gasteiger partial charge in [0.25, 0.3) is 0 Å². The van der Waals surface area contributed by atoms with E-state index in [1.165, 1.54) is 4.31 Å². The van der Waals surface area contributed by atoms with Gasteiger partial charge in [-0.3, -0.25) is 4.79 Å². The summed E-state index contributed by atoms with van der Waals surface area (Å²) in [7, 11) is -3.47. The number of benzene rings is 1. The number of rotatable bonds is 4. The Morgan fingerprint density at radius 2 is 1.68 bits per heavy atom. The molecule has 0 radical (unpaired) electrons. The van der Waals surface area contributed by atoms with E-state index in [4.69, 9.17) is 4.74 Å². The van der Waals surface area contributed by atoms with Gasteiger partial charge in [0.15, 0.2) is 0 Å². The van der Waals surface area contributed by atoms with Crippen LogP contribution in [-0.4, -0.2) is 62.9 Å². The molecule has 0 saturated carbocycles. The van der Waals surface area contributed by atoms with E-state index in [2.05, 4.69) is 0 Å². The van der Waals surface area contributed by atoms with Crippen LogP contribution < -0.4 is 0 Å². The number of carbonyl (C=O) groups is 1. The summed E-state index contributed by atoms with van der Waals surface area (Å²) in [4.78, 5) is 14.7. The van der Waals surface area contributed by atoms with Crippen LogP contribution >= 0.6 is 0 Å². The van der Waals surface area contributed by atoms with E-state index in [9.17, 15) is 13.2 Å². The van der Waals surface area contributed by atoms with Crippen LogP contribution in [0.3, 0.4) is 0 Å². The van der Waals surface area contributed by atoms with Crippen LogP contribution in [0.2, 0.25) is 0 Å². The lowest BCUT2D eigenvalue weighted by Gasteiger charge is -2.35. The highest BCUT2D eigenvalue weighted by Crippen LogP contribution is 2.25. The van der Waals surface area contributed by atoms with E-state index in [1.807, 2.05) is 24.0 Å². The Kier molecular flexibility index (Phi) is 5.76. The van der Waals surface area contributed by atoms with Gasteiger partial charge in [-0.1, -0.05) is 19.1 Å². The number of morpholine rings is 1. The molecule has 1 amide bonds. The minimum Gasteiger partial charge on any atom is -0.378 e. The second-order valence-electron chi connectivity index (χ2n) is 6.61. The van der Waals surface area contributed by atoms with Gasteiger partial charge in [-0.2, -0.15) is 4.31 Å². The number of piperidine rings is 1. The number of sulfonamides is 1. The van der Waals surface area contributed by atoms with Crippen molar-refractivity contribution < 1.29 is 17.9 Å². The molecule has 0 bridgehead atoms. The molecule has 6 nitrogen and oxygen atoms in total. The lowest BCUT2D eigenvalue weighted by Crippen LogP contribution is -2.47. The van der Waals surface area contributed by atoms with Crippen LogP contribution in [-0.2, 0) is 26.0 Å². The molecule has 2 heterocycles. The summed E-state index contributed by atoms with van der Waals surface area (Å²) in [5, 5.41) is 0. The highest BCUT2D eigenvalue weighted by molar-refractivity contribution is 7.89. The molecule has 0 N–H and O–H groups in total. The quantitative estimate of drug-likeness (QED) is 0.810. The molecular formula is C18H26N2O4S. The van der Waals surface area contributed by atoms with Crippen molar-refractivity contribution in [3.8, 4) is 0 Å². The Morgan fingerprint density at radius 1 is 1.08 bits per heavy atom. The van der Waals surface area contributed by atoms with Gasteiger partial charge in [0, 0.05) is 32.1 Å². The monoisotopic (exact) mass is 366 g/mol. The van der Waals surface area contributed by atoms with E-state index in [-0.39, 0.29) is 11.8 Å². The Balaban J connectivity index is 1.61. The van der Waals surface area contributed by atoms with E-state index >= 15 is 0 Å². The average molecular weight is 366 g/mol.